The smallest absolute Gasteiger partial charge is 0.238 e. The van der Waals surface area contributed by atoms with E-state index in [4.69, 9.17) is 4.74 Å². The Bertz CT molecular complexity index is 843. The summed E-state index contributed by atoms with van der Waals surface area (Å²) < 4.78 is 5.71. The number of para-hydroxylation sites is 1. The van der Waals surface area contributed by atoms with E-state index in [1.54, 1.807) is 0 Å². The molecule has 0 bridgehead atoms. The van der Waals surface area contributed by atoms with Crippen LogP contribution in [-0.2, 0) is 0 Å². The van der Waals surface area contributed by atoms with Gasteiger partial charge in [-0.1, -0.05) is 30.3 Å². The lowest BCUT2D eigenvalue weighted by Crippen LogP contribution is -2.46. The topological polar surface area (TPSA) is 41.5 Å². The van der Waals surface area contributed by atoms with Gasteiger partial charge >= 0.3 is 0 Å². The maximum atomic E-state index is 5.71. The van der Waals surface area contributed by atoms with Crippen LogP contribution in [-0.4, -0.2) is 36.4 Å². The second kappa shape index (κ2) is 7.44. The monoisotopic (exact) mass is 346 g/mol. The third kappa shape index (κ3) is 3.77. The minimum absolute atomic E-state index is 0.512. The molecular formula is C21H22N4O. The van der Waals surface area contributed by atoms with Crippen LogP contribution in [0.5, 0.6) is 11.6 Å². The molecule has 0 N–H and O–H groups in total. The Morgan fingerprint density at radius 3 is 2.23 bits per heavy atom. The van der Waals surface area contributed by atoms with Gasteiger partial charge in [0.15, 0.2) is 5.82 Å². The van der Waals surface area contributed by atoms with Crippen molar-refractivity contribution in [2.45, 2.75) is 6.92 Å². The van der Waals surface area contributed by atoms with Crippen LogP contribution in [0.2, 0.25) is 0 Å². The van der Waals surface area contributed by atoms with E-state index in [-0.39, 0.29) is 0 Å². The molecule has 1 fully saturated rings. The maximum Gasteiger partial charge on any atom is 0.238 e. The number of piperazine rings is 1. The number of rotatable bonds is 4. The van der Waals surface area contributed by atoms with Crippen LogP contribution in [0.15, 0.2) is 66.7 Å². The van der Waals surface area contributed by atoms with Gasteiger partial charge < -0.3 is 14.5 Å². The fourth-order valence-electron chi connectivity index (χ4n) is 3.16. The van der Waals surface area contributed by atoms with Crippen molar-refractivity contribution in [1.29, 1.82) is 0 Å². The zero-order chi connectivity index (χ0) is 17.8. The Morgan fingerprint density at radius 1 is 0.769 bits per heavy atom. The van der Waals surface area contributed by atoms with Crippen molar-refractivity contribution in [1.82, 2.24) is 10.2 Å². The van der Waals surface area contributed by atoms with Gasteiger partial charge in [0, 0.05) is 37.9 Å². The van der Waals surface area contributed by atoms with E-state index in [1.807, 2.05) is 42.5 Å². The summed E-state index contributed by atoms with van der Waals surface area (Å²) in [6.07, 6.45) is 0. The molecule has 0 atom stereocenters. The minimum atomic E-state index is 0.512. The molecule has 1 aliphatic rings. The van der Waals surface area contributed by atoms with E-state index < -0.39 is 0 Å². The molecular weight excluding hydrogens is 324 g/mol. The van der Waals surface area contributed by atoms with E-state index in [0.29, 0.717) is 5.88 Å². The van der Waals surface area contributed by atoms with Crippen LogP contribution in [0.1, 0.15) is 5.56 Å². The van der Waals surface area contributed by atoms with Crippen molar-refractivity contribution < 1.29 is 4.74 Å². The second-order valence-corrected chi connectivity index (χ2v) is 6.46. The number of hydrogen-bond donors (Lipinski definition) is 0. The third-order valence-electron chi connectivity index (χ3n) is 4.56. The molecule has 0 saturated carbocycles. The van der Waals surface area contributed by atoms with Gasteiger partial charge in [0.25, 0.3) is 0 Å². The van der Waals surface area contributed by atoms with E-state index in [0.717, 1.165) is 37.7 Å². The molecule has 5 heteroatoms. The highest BCUT2D eigenvalue weighted by molar-refractivity contribution is 5.51. The van der Waals surface area contributed by atoms with Crippen molar-refractivity contribution in [3.8, 4) is 11.6 Å². The minimum Gasteiger partial charge on any atom is -0.438 e. The Kier molecular flexibility index (Phi) is 4.69. The SMILES string of the molecule is Cc1cccc(N2CCN(c3ccc(Oc4ccccc4)nn3)CC2)c1. The average Bonchev–Trinajstić information content (AvgIpc) is 2.70. The summed E-state index contributed by atoms with van der Waals surface area (Å²) >= 11 is 0. The van der Waals surface area contributed by atoms with E-state index in [2.05, 4.69) is 51.2 Å². The van der Waals surface area contributed by atoms with Crippen molar-refractivity contribution in [2.75, 3.05) is 36.0 Å². The van der Waals surface area contributed by atoms with Gasteiger partial charge in [0.1, 0.15) is 5.75 Å². The summed E-state index contributed by atoms with van der Waals surface area (Å²) in [5, 5.41) is 8.55. The molecule has 0 unspecified atom stereocenters. The van der Waals surface area contributed by atoms with Gasteiger partial charge in [-0.05, 0) is 42.8 Å². The quantitative estimate of drug-likeness (QED) is 0.716. The van der Waals surface area contributed by atoms with Gasteiger partial charge in [-0.2, -0.15) is 0 Å². The lowest BCUT2D eigenvalue weighted by Gasteiger charge is -2.36. The fraction of sp³-hybridized carbons (Fsp3) is 0.238. The molecule has 132 valence electrons. The first kappa shape index (κ1) is 16.4. The number of aromatic nitrogens is 2. The first-order valence-corrected chi connectivity index (χ1v) is 8.91. The summed E-state index contributed by atoms with van der Waals surface area (Å²) in [6.45, 7) is 5.96. The summed E-state index contributed by atoms with van der Waals surface area (Å²) in [5.41, 5.74) is 2.59. The molecule has 1 saturated heterocycles. The summed E-state index contributed by atoms with van der Waals surface area (Å²) in [7, 11) is 0. The average molecular weight is 346 g/mol. The van der Waals surface area contributed by atoms with Gasteiger partial charge in [-0.25, -0.2) is 0 Å². The second-order valence-electron chi connectivity index (χ2n) is 6.46. The van der Waals surface area contributed by atoms with Crippen molar-refractivity contribution in [2.24, 2.45) is 0 Å². The van der Waals surface area contributed by atoms with Crippen molar-refractivity contribution in [3.05, 3.63) is 72.3 Å². The van der Waals surface area contributed by atoms with Gasteiger partial charge in [-0.15, -0.1) is 10.2 Å². The van der Waals surface area contributed by atoms with Crippen LogP contribution < -0.4 is 14.5 Å². The highest BCUT2D eigenvalue weighted by Crippen LogP contribution is 2.22. The summed E-state index contributed by atoms with van der Waals surface area (Å²) in [6, 6.07) is 22.2. The van der Waals surface area contributed by atoms with Crippen LogP contribution >= 0.6 is 0 Å². The van der Waals surface area contributed by atoms with Crippen molar-refractivity contribution >= 4 is 11.5 Å². The molecule has 1 aromatic heterocycles. The first-order chi connectivity index (χ1) is 12.8. The largest absolute Gasteiger partial charge is 0.438 e. The molecule has 0 amide bonds. The molecule has 1 aliphatic heterocycles. The van der Waals surface area contributed by atoms with Gasteiger partial charge in [0.2, 0.25) is 5.88 Å². The first-order valence-electron chi connectivity index (χ1n) is 8.91. The van der Waals surface area contributed by atoms with Crippen LogP contribution in [0.3, 0.4) is 0 Å². The van der Waals surface area contributed by atoms with Crippen LogP contribution in [0.25, 0.3) is 0 Å². The van der Waals surface area contributed by atoms with Gasteiger partial charge in [-0.3, -0.25) is 0 Å². The number of aryl methyl sites for hydroxylation is 1. The summed E-state index contributed by atoms with van der Waals surface area (Å²) in [5.74, 6) is 2.17. The molecule has 3 aromatic rings. The molecule has 5 nitrogen and oxygen atoms in total. The lowest BCUT2D eigenvalue weighted by molar-refractivity contribution is 0.455. The van der Waals surface area contributed by atoms with Crippen LogP contribution in [0, 0.1) is 6.92 Å². The summed E-state index contributed by atoms with van der Waals surface area (Å²) in [4.78, 5) is 4.69. The molecule has 2 aromatic carbocycles. The van der Waals surface area contributed by atoms with Crippen molar-refractivity contribution in [3.63, 3.8) is 0 Å². The molecule has 26 heavy (non-hydrogen) atoms. The number of nitrogens with zero attached hydrogens (tertiary/aromatic N) is 4. The predicted molar refractivity (Wildman–Crippen MR) is 104 cm³/mol. The van der Waals surface area contributed by atoms with Crippen LogP contribution in [0.4, 0.5) is 11.5 Å². The van der Waals surface area contributed by atoms with E-state index >= 15 is 0 Å². The highest BCUT2D eigenvalue weighted by Gasteiger charge is 2.18. The third-order valence-corrected chi connectivity index (χ3v) is 4.56. The highest BCUT2D eigenvalue weighted by atomic mass is 16.5. The number of ether oxygens (including phenoxy) is 1. The number of benzene rings is 2. The Labute approximate surface area is 153 Å². The molecule has 0 radical (unpaired) electrons. The number of anilines is 2. The van der Waals surface area contributed by atoms with Gasteiger partial charge in [0.05, 0.1) is 0 Å². The Hall–Kier alpha value is -3.08. The maximum absolute atomic E-state index is 5.71. The van der Waals surface area contributed by atoms with E-state index in [9.17, 15) is 0 Å². The number of hydrogen-bond acceptors (Lipinski definition) is 5. The fourth-order valence-corrected chi connectivity index (χ4v) is 3.16. The molecule has 4 rings (SSSR count). The molecule has 0 aliphatic carbocycles. The Balaban J connectivity index is 1.37. The zero-order valence-corrected chi connectivity index (χ0v) is 14.9. The Morgan fingerprint density at radius 2 is 1.54 bits per heavy atom. The predicted octanol–water partition coefficient (Wildman–Crippen LogP) is 3.90. The lowest BCUT2D eigenvalue weighted by atomic mass is 10.2. The molecule has 0 spiro atoms. The standard InChI is InChI=1S/C21H22N4O/c1-17-6-5-7-18(16-17)24-12-14-25(15-13-24)20-10-11-21(23-22-20)26-19-8-3-2-4-9-19/h2-11,16H,12-15H2,1H3. The zero-order valence-electron chi connectivity index (χ0n) is 14.9. The van der Waals surface area contributed by atoms with E-state index in [1.165, 1.54) is 11.3 Å². The molecule has 2 heterocycles. The normalized spacial score (nSPS) is 14.3.